The summed E-state index contributed by atoms with van der Waals surface area (Å²) in [4.78, 5) is 0. The first-order valence-corrected chi connectivity index (χ1v) is 5.92. The summed E-state index contributed by atoms with van der Waals surface area (Å²) in [5.74, 6) is 0.425. The van der Waals surface area contributed by atoms with Crippen molar-refractivity contribution in [3.8, 4) is 0 Å². The molecule has 1 aromatic rings. The molecule has 84 valence electrons. The fourth-order valence-electron chi connectivity index (χ4n) is 1.15. The third-order valence-corrected chi connectivity index (χ3v) is 3.36. The second kappa shape index (κ2) is 6.10. The Labute approximate surface area is 93.7 Å². The fourth-order valence-corrected chi connectivity index (χ4v) is 1.99. The molecule has 0 fully saturated rings. The van der Waals surface area contributed by atoms with Gasteiger partial charge in [-0.15, -0.1) is 0 Å². The first-order valence-electron chi connectivity index (χ1n) is 4.87. The minimum absolute atomic E-state index is 0.139. The molecule has 0 aliphatic heterocycles. The number of aliphatic hydroxyl groups excluding tert-OH is 1. The van der Waals surface area contributed by atoms with Crippen molar-refractivity contribution in [2.75, 3.05) is 12.4 Å². The van der Waals surface area contributed by atoms with Crippen LogP contribution in [0.15, 0.2) is 24.3 Å². The second-order valence-corrected chi connectivity index (χ2v) is 4.96. The van der Waals surface area contributed by atoms with E-state index in [4.69, 9.17) is 10.8 Å². The van der Waals surface area contributed by atoms with Crippen molar-refractivity contribution in [3.63, 3.8) is 0 Å². The summed E-state index contributed by atoms with van der Waals surface area (Å²) in [7, 11) is 0. The van der Waals surface area contributed by atoms with Crippen LogP contribution in [0.3, 0.4) is 0 Å². The summed E-state index contributed by atoms with van der Waals surface area (Å²) < 4.78 is 12.9. The van der Waals surface area contributed by atoms with Gasteiger partial charge in [-0.1, -0.05) is 19.1 Å². The Morgan fingerprint density at radius 3 is 2.87 bits per heavy atom. The van der Waals surface area contributed by atoms with Gasteiger partial charge in [-0.05, 0) is 17.7 Å². The summed E-state index contributed by atoms with van der Waals surface area (Å²) in [5.41, 5.74) is 6.70. The van der Waals surface area contributed by atoms with Crippen LogP contribution >= 0.6 is 11.8 Å². The molecule has 0 aromatic heterocycles. The van der Waals surface area contributed by atoms with Crippen LogP contribution in [0.4, 0.5) is 4.39 Å². The van der Waals surface area contributed by atoms with E-state index in [0.29, 0.717) is 5.75 Å². The van der Waals surface area contributed by atoms with Crippen LogP contribution in [-0.4, -0.2) is 22.7 Å². The van der Waals surface area contributed by atoms with Gasteiger partial charge in [-0.25, -0.2) is 4.39 Å². The summed E-state index contributed by atoms with van der Waals surface area (Å²) in [6.07, 6.45) is 0. The molecule has 0 radical (unpaired) electrons. The molecule has 0 saturated heterocycles. The largest absolute Gasteiger partial charge is 0.395 e. The summed E-state index contributed by atoms with van der Waals surface area (Å²) >= 11 is 1.59. The number of halogens is 1. The van der Waals surface area contributed by atoms with Crippen LogP contribution in [0.1, 0.15) is 18.5 Å². The van der Waals surface area contributed by atoms with Gasteiger partial charge in [0, 0.05) is 17.0 Å². The zero-order valence-electron chi connectivity index (χ0n) is 8.69. The first-order chi connectivity index (χ1) is 7.13. The van der Waals surface area contributed by atoms with E-state index < -0.39 is 0 Å². The van der Waals surface area contributed by atoms with Crippen molar-refractivity contribution >= 4 is 11.8 Å². The highest BCUT2D eigenvalue weighted by Gasteiger charge is 2.09. The molecule has 0 spiro atoms. The molecule has 3 N–H and O–H groups in total. The highest BCUT2D eigenvalue weighted by Crippen LogP contribution is 2.19. The van der Waals surface area contributed by atoms with E-state index in [1.807, 2.05) is 13.0 Å². The Hall–Kier alpha value is -0.580. The molecule has 2 unspecified atom stereocenters. The SMILES string of the molecule is CC(CO)SCC(N)c1cccc(F)c1. The average Bonchev–Trinajstić information content (AvgIpc) is 2.25. The Balaban J connectivity index is 2.50. The number of aliphatic hydroxyl groups is 1. The number of hydrogen-bond donors (Lipinski definition) is 2. The molecule has 0 aliphatic carbocycles. The van der Waals surface area contributed by atoms with Gasteiger partial charge in [0.25, 0.3) is 0 Å². The van der Waals surface area contributed by atoms with E-state index in [2.05, 4.69) is 0 Å². The van der Waals surface area contributed by atoms with Crippen LogP contribution in [-0.2, 0) is 0 Å². The average molecular weight is 229 g/mol. The Bertz CT molecular complexity index is 308. The lowest BCUT2D eigenvalue weighted by atomic mass is 10.1. The molecule has 0 bridgehead atoms. The zero-order valence-corrected chi connectivity index (χ0v) is 9.51. The van der Waals surface area contributed by atoms with Gasteiger partial charge in [0.2, 0.25) is 0 Å². The minimum atomic E-state index is -0.261. The molecule has 0 amide bonds. The van der Waals surface area contributed by atoms with E-state index in [9.17, 15) is 4.39 Å². The lowest BCUT2D eigenvalue weighted by Crippen LogP contribution is -2.16. The van der Waals surface area contributed by atoms with Crippen molar-refractivity contribution in [2.45, 2.75) is 18.2 Å². The monoisotopic (exact) mass is 229 g/mol. The van der Waals surface area contributed by atoms with E-state index in [0.717, 1.165) is 5.56 Å². The predicted molar refractivity (Wildman–Crippen MR) is 62.3 cm³/mol. The van der Waals surface area contributed by atoms with Crippen LogP contribution in [0, 0.1) is 5.82 Å². The normalized spacial score (nSPS) is 14.9. The zero-order chi connectivity index (χ0) is 11.3. The molecule has 0 heterocycles. The molecule has 1 rings (SSSR count). The minimum Gasteiger partial charge on any atom is -0.395 e. The summed E-state index contributed by atoms with van der Waals surface area (Å²) in [6.45, 7) is 2.07. The lowest BCUT2D eigenvalue weighted by Gasteiger charge is -2.14. The summed E-state index contributed by atoms with van der Waals surface area (Å²) in [6, 6.07) is 6.15. The van der Waals surface area contributed by atoms with Crippen LogP contribution in [0.2, 0.25) is 0 Å². The van der Waals surface area contributed by atoms with Crippen molar-refractivity contribution in [1.82, 2.24) is 0 Å². The van der Waals surface area contributed by atoms with Crippen LogP contribution < -0.4 is 5.73 Å². The second-order valence-electron chi connectivity index (χ2n) is 3.49. The highest BCUT2D eigenvalue weighted by atomic mass is 32.2. The Kier molecular flexibility index (Phi) is 5.08. The first kappa shape index (κ1) is 12.5. The molecule has 2 nitrogen and oxygen atoms in total. The topological polar surface area (TPSA) is 46.2 Å². The third kappa shape index (κ3) is 4.20. The van der Waals surface area contributed by atoms with Crippen molar-refractivity contribution in [2.24, 2.45) is 5.73 Å². The van der Waals surface area contributed by atoms with Gasteiger partial charge in [0.1, 0.15) is 5.82 Å². The fraction of sp³-hybridized carbons (Fsp3) is 0.455. The quantitative estimate of drug-likeness (QED) is 0.811. The van der Waals surface area contributed by atoms with Gasteiger partial charge in [0.05, 0.1) is 6.61 Å². The maximum Gasteiger partial charge on any atom is 0.123 e. The predicted octanol–water partition coefficient (Wildman–Crippen LogP) is 1.94. The molecule has 0 saturated carbocycles. The molecular weight excluding hydrogens is 213 g/mol. The third-order valence-electron chi connectivity index (χ3n) is 2.09. The molecule has 15 heavy (non-hydrogen) atoms. The number of nitrogens with two attached hydrogens (primary N) is 1. The number of thioether (sulfide) groups is 1. The van der Waals surface area contributed by atoms with Gasteiger partial charge in [-0.3, -0.25) is 0 Å². The van der Waals surface area contributed by atoms with Gasteiger partial charge in [-0.2, -0.15) is 11.8 Å². The molecule has 2 atom stereocenters. The molecule has 4 heteroatoms. The molecular formula is C11H16FNOS. The Morgan fingerprint density at radius 1 is 1.53 bits per heavy atom. The Morgan fingerprint density at radius 2 is 2.27 bits per heavy atom. The smallest absolute Gasteiger partial charge is 0.123 e. The number of benzene rings is 1. The lowest BCUT2D eigenvalue weighted by molar-refractivity contribution is 0.300. The van der Waals surface area contributed by atoms with Gasteiger partial charge < -0.3 is 10.8 Å². The van der Waals surface area contributed by atoms with E-state index >= 15 is 0 Å². The van der Waals surface area contributed by atoms with Crippen molar-refractivity contribution < 1.29 is 9.50 Å². The maximum atomic E-state index is 12.9. The summed E-state index contributed by atoms with van der Waals surface area (Å²) in [5, 5.41) is 9.01. The maximum absolute atomic E-state index is 12.9. The highest BCUT2D eigenvalue weighted by molar-refractivity contribution is 7.99. The van der Waals surface area contributed by atoms with Gasteiger partial charge >= 0.3 is 0 Å². The number of hydrogen-bond acceptors (Lipinski definition) is 3. The van der Waals surface area contributed by atoms with E-state index in [-0.39, 0.29) is 23.7 Å². The van der Waals surface area contributed by atoms with Crippen LogP contribution in [0.25, 0.3) is 0 Å². The standard InChI is InChI=1S/C11H16FNOS/c1-8(6-14)15-7-11(13)9-3-2-4-10(12)5-9/h2-5,8,11,14H,6-7,13H2,1H3. The number of rotatable bonds is 5. The van der Waals surface area contributed by atoms with Crippen molar-refractivity contribution in [3.05, 3.63) is 35.6 Å². The molecule has 1 aromatic carbocycles. The molecule has 0 aliphatic rings. The van der Waals surface area contributed by atoms with E-state index in [1.165, 1.54) is 12.1 Å². The van der Waals surface area contributed by atoms with Gasteiger partial charge in [0.15, 0.2) is 0 Å². The van der Waals surface area contributed by atoms with E-state index in [1.54, 1.807) is 17.8 Å². The van der Waals surface area contributed by atoms with Crippen LogP contribution in [0.5, 0.6) is 0 Å². The van der Waals surface area contributed by atoms with Crippen molar-refractivity contribution in [1.29, 1.82) is 0 Å².